The molecule has 0 aromatic carbocycles. The van der Waals surface area contributed by atoms with Crippen LogP contribution < -0.4 is 11.1 Å². The normalized spacial score (nSPS) is 15.1. The minimum atomic E-state index is -0.464. The fourth-order valence-corrected chi connectivity index (χ4v) is 1.48. The molecule has 0 saturated carbocycles. The SMILES string of the molecule is NC(=O)c1ccc2c(n1)CNCC2. The molecule has 1 aromatic heterocycles. The van der Waals surface area contributed by atoms with Crippen molar-refractivity contribution in [3.63, 3.8) is 0 Å². The van der Waals surface area contributed by atoms with Gasteiger partial charge in [0, 0.05) is 6.54 Å². The molecule has 2 heterocycles. The average molecular weight is 177 g/mol. The molecule has 1 aromatic rings. The van der Waals surface area contributed by atoms with Crippen molar-refractivity contribution in [2.75, 3.05) is 6.54 Å². The van der Waals surface area contributed by atoms with E-state index in [1.54, 1.807) is 6.07 Å². The second kappa shape index (κ2) is 3.14. The van der Waals surface area contributed by atoms with Crippen molar-refractivity contribution in [1.82, 2.24) is 10.3 Å². The molecule has 0 saturated heterocycles. The Kier molecular flexibility index (Phi) is 1.98. The first kappa shape index (κ1) is 8.19. The number of hydrogen-bond donors (Lipinski definition) is 2. The molecule has 68 valence electrons. The fraction of sp³-hybridized carbons (Fsp3) is 0.333. The molecule has 0 fully saturated rings. The zero-order valence-electron chi connectivity index (χ0n) is 7.21. The van der Waals surface area contributed by atoms with Crippen molar-refractivity contribution in [1.29, 1.82) is 0 Å². The monoisotopic (exact) mass is 177 g/mol. The van der Waals surface area contributed by atoms with E-state index in [0.29, 0.717) is 5.69 Å². The number of amides is 1. The second-order valence-corrected chi connectivity index (χ2v) is 3.09. The number of pyridine rings is 1. The van der Waals surface area contributed by atoms with Gasteiger partial charge in [-0.3, -0.25) is 4.79 Å². The van der Waals surface area contributed by atoms with Gasteiger partial charge in [0.2, 0.25) is 0 Å². The lowest BCUT2D eigenvalue weighted by molar-refractivity contribution is 0.0995. The van der Waals surface area contributed by atoms with Crippen LogP contribution in [0.3, 0.4) is 0 Å². The summed E-state index contributed by atoms with van der Waals surface area (Å²) in [7, 11) is 0. The molecule has 0 unspecified atom stereocenters. The second-order valence-electron chi connectivity index (χ2n) is 3.09. The minimum absolute atomic E-state index is 0.349. The molecule has 3 N–H and O–H groups in total. The van der Waals surface area contributed by atoms with Crippen molar-refractivity contribution in [2.24, 2.45) is 5.73 Å². The summed E-state index contributed by atoms with van der Waals surface area (Å²) in [4.78, 5) is 15.0. The van der Waals surface area contributed by atoms with E-state index in [2.05, 4.69) is 10.3 Å². The van der Waals surface area contributed by atoms with Crippen LogP contribution in [0.5, 0.6) is 0 Å². The van der Waals surface area contributed by atoms with E-state index >= 15 is 0 Å². The number of hydrogen-bond acceptors (Lipinski definition) is 3. The Hall–Kier alpha value is -1.42. The maximum absolute atomic E-state index is 10.8. The van der Waals surface area contributed by atoms with Crippen LogP contribution in [-0.2, 0) is 13.0 Å². The number of aromatic nitrogens is 1. The molecule has 0 atom stereocenters. The molecule has 0 radical (unpaired) electrons. The van der Waals surface area contributed by atoms with Crippen LogP contribution in [0, 0.1) is 0 Å². The smallest absolute Gasteiger partial charge is 0.267 e. The molecule has 4 heteroatoms. The third-order valence-electron chi connectivity index (χ3n) is 2.18. The highest BCUT2D eigenvalue weighted by Gasteiger charge is 2.11. The van der Waals surface area contributed by atoms with Gasteiger partial charge in [0.25, 0.3) is 5.91 Å². The van der Waals surface area contributed by atoms with Crippen molar-refractivity contribution < 1.29 is 4.79 Å². The van der Waals surface area contributed by atoms with Crippen LogP contribution in [0.2, 0.25) is 0 Å². The zero-order chi connectivity index (χ0) is 9.26. The Morgan fingerprint density at radius 3 is 3.15 bits per heavy atom. The van der Waals surface area contributed by atoms with Gasteiger partial charge in [0.1, 0.15) is 5.69 Å². The highest BCUT2D eigenvalue weighted by molar-refractivity contribution is 5.90. The van der Waals surface area contributed by atoms with Gasteiger partial charge in [-0.1, -0.05) is 6.07 Å². The molecule has 0 bridgehead atoms. The van der Waals surface area contributed by atoms with E-state index in [4.69, 9.17) is 5.73 Å². The Balaban J connectivity index is 2.40. The van der Waals surface area contributed by atoms with Crippen LogP contribution in [-0.4, -0.2) is 17.4 Å². The summed E-state index contributed by atoms with van der Waals surface area (Å²) < 4.78 is 0. The van der Waals surface area contributed by atoms with Gasteiger partial charge in [-0.15, -0.1) is 0 Å². The first-order valence-electron chi connectivity index (χ1n) is 4.26. The molecule has 1 aliphatic rings. The van der Waals surface area contributed by atoms with Crippen LogP contribution in [0.25, 0.3) is 0 Å². The van der Waals surface area contributed by atoms with E-state index in [9.17, 15) is 4.79 Å². The Morgan fingerprint density at radius 2 is 2.38 bits per heavy atom. The fourth-order valence-electron chi connectivity index (χ4n) is 1.48. The third kappa shape index (κ3) is 1.53. The topological polar surface area (TPSA) is 68.0 Å². The molecule has 1 amide bonds. The summed E-state index contributed by atoms with van der Waals surface area (Å²) in [5.74, 6) is -0.464. The highest BCUT2D eigenvalue weighted by Crippen LogP contribution is 2.11. The number of rotatable bonds is 1. The van der Waals surface area contributed by atoms with E-state index in [1.165, 1.54) is 5.56 Å². The van der Waals surface area contributed by atoms with E-state index < -0.39 is 5.91 Å². The van der Waals surface area contributed by atoms with Gasteiger partial charge in [0.15, 0.2) is 0 Å². The van der Waals surface area contributed by atoms with Crippen LogP contribution in [0.1, 0.15) is 21.7 Å². The van der Waals surface area contributed by atoms with Crippen molar-refractivity contribution >= 4 is 5.91 Å². The number of primary amides is 1. The number of nitrogens with two attached hydrogens (primary N) is 1. The lowest BCUT2D eigenvalue weighted by Gasteiger charge is -2.15. The van der Waals surface area contributed by atoms with Crippen LogP contribution in [0.4, 0.5) is 0 Å². The van der Waals surface area contributed by atoms with Gasteiger partial charge in [-0.2, -0.15) is 0 Å². The first-order chi connectivity index (χ1) is 6.27. The van der Waals surface area contributed by atoms with Gasteiger partial charge < -0.3 is 11.1 Å². The number of fused-ring (bicyclic) bond motifs is 1. The number of nitrogens with zero attached hydrogens (tertiary/aromatic N) is 1. The molecule has 13 heavy (non-hydrogen) atoms. The Bertz CT molecular complexity index is 349. The standard InChI is InChI=1S/C9H11N3O/c10-9(13)7-2-1-6-3-4-11-5-8(6)12-7/h1-2,11H,3-5H2,(H2,10,13). The maximum atomic E-state index is 10.8. The van der Waals surface area contributed by atoms with Crippen molar-refractivity contribution in [2.45, 2.75) is 13.0 Å². The highest BCUT2D eigenvalue weighted by atomic mass is 16.1. The van der Waals surface area contributed by atoms with Gasteiger partial charge in [0.05, 0.1) is 5.69 Å². The predicted molar refractivity (Wildman–Crippen MR) is 48.2 cm³/mol. The zero-order valence-corrected chi connectivity index (χ0v) is 7.21. The number of carbonyl (C=O) groups is 1. The lowest BCUT2D eigenvalue weighted by Crippen LogP contribution is -2.26. The van der Waals surface area contributed by atoms with Crippen LogP contribution >= 0.6 is 0 Å². The Labute approximate surface area is 76.2 Å². The van der Waals surface area contributed by atoms with Gasteiger partial charge in [-0.25, -0.2) is 4.98 Å². The minimum Gasteiger partial charge on any atom is -0.364 e. The van der Waals surface area contributed by atoms with Gasteiger partial charge in [-0.05, 0) is 24.6 Å². The van der Waals surface area contributed by atoms with Crippen LogP contribution in [0.15, 0.2) is 12.1 Å². The summed E-state index contributed by atoms with van der Waals surface area (Å²) in [5, 5.41) is 3.19. The largest absolute Gasteiger partial charge is 0.364 e. The molecular formula is C9H11N3O. The average Bonchev–Trinajstić information content (AvgIpc) is 2.17. The molecular weight excluding hydrogens is 166 g/mol. The van der Waals surface area contributed by atoms with Crippen molar-refractivity contribution in [3.8, 4) is 0 Å². The molecule has 4 nitrogen and oxygen atoms in total. The first-order valence-corrected chi connectivity index (χ1v) is 4.26. The summed E-state index contributed by atoms with van der Waals surface area (Å²) in [6.07, 6.45) is 0.974. The number of nitrogens with one attached hydrogen (secondary N) is 1. The van der Waals surface area contributed by atoms with Gasteiger partial charge >= 0.3 is 0 Å². The molecule has 0 spiro atoms. The molecule has 2 rings (SSSR count). The van der Waals surface area contributed by atoms with Crippen molar-refractivity contribution in [3.05, 3.63) is 29.1 Å². The summed E-state index contributed by atoms with van der Waals surface area (Å²) in [6, 6.07) is 3.62. The van der Waals surface area contributed by atoms with E-state index in [-0.39, 0.29) is 0 Å². The third-order valence-corrected chi connectivity index (χ3v) is 2.18. The van der Waals surface area contributed by atoms with E-state index in [1.807, 2.05) is 6.07 Å². The Morgan fingerprint density at radius 1 is 1.54 bits per heavy atom. The summed E-state index contributed by atoms with van der Waals surface area (Å²) in [6.45, 7) is 1.71. The maximum Gasteiger partial charge on any atom is 0.267 e. The number of carbonyl (C=O) groups excluding carboxylic acids is 1. The molecule has 1 aliphatic heterocycles. The predicted octanol–water partition coefficient (Wildman–Crippen LogP) is -0.174. The summed E-state index contributed by atoms with van der Waals surface area (Å²) in [5.41, 5.74) is 7.63. The quantitative estimate of drug-likeness (QED) is 0.625. The lowest BCUT2D eigenvalue weighted by atomic mass is 10.1. The van der Waals surface area contributed by atoms with E-state index in [0.717, 1.165) is 25.2 Å². The molecule has 0 aliphatic carbocycles. The summed E-state index contributed by atoms with van der Waals surface area (Å²) >= 11 is 0.